The molecule has 0 unspecified atom stereocenters. The summed E-state index contributed by atoms with van der Waals surface area (Å²) in [4.78, 5) is 34.2. The number of aryl methyl sites for hydroxylation is 4. The van der Waals surface area contributed by atoms with Crippen molar-refractivity contribution in [1.29, 1.82) is 0 Å². The maximum atomic E-state index is 12.5. The Morgan fingerprint density at radius 2 is 1.36 bits per heavy atom. The number of amides is 1. The third-order valence-electron chi connectivity index (χ3n) is 7.11. The average molecular weight is 813 g/mol. The van der Waals surface area contributed by atoms with Gasteiger partial charge in [-0.2, -0.15) is 0 Å². The molecule has 0 fully saturated rings. The lowest BCUT2D eigenvalue weighted by Crippen LogP contribution is -2.14. The quantitative estimate of drug-likeness (QED) is 0.185. The largest absolute Gasteiger partial charge is 0.478 e. The number of nitrogens with one attached hydrogen (secondary N) is 1. The zero-order valence-corrected chi connectivity index (χ0v) is 31.2. The van der Waals surface area contributed by atoms with Crippen LogP contribution in [0.3, 0.4) is 0 Å². The molecule has 236 valence electrons. The van der Waals surface area contributed by atoms with E-state index >= 15 is 0 Å². The number of rotatable bonds is 5. The maximum absolute atomic E-state index is 12.5. The van der Waals surface area contributed by atoms with E-state index in [4.69, 9.17) is 34.0 Å². The van der Waals surface area contributed by atoms with Gasteiger partial charge in [-0.15, -0.1) is 22.7 Å². The number of thiazole rings is 2. The summed E-state index contributed by atoms with van der Waals surface area (Å²) in [6.07, 6.45) is 2.82. The van der Waals surface area contributed by atoms with E-state index in [-0.39, 0.29) is 11.5 Å². The van der Waals surface area contributed by atoms with Gasteiger partial charge in [-0.3, -0.25) is 10.1 Å². The summed E-state index contributed by atoms with van der Waals surface area (Å²) in [6.45, 7) is 8.20. The van der Waals surface area contributed by atoms with Crippen molar-refractivity contribution in [2.45, 2.75) is 53.4 Å². The van der Waals surface area contributed by atoms with Crippen LogP contribution in [0.15, 0.2) is 56.5 Å². The summed E-state index contributed by atoms with van der Waals surface area (Å²) < 4.78 is 1.86. The molecule has 1 amide bonds. The highest BCUT2D eigenvalue weighted by molar-refractivity contribution is 9.10. The number of fused-ring (bicyclic) bond motifs is 2. The van der Waals surface area contributed by atoms with Crippen LogP contribution < -0.4 is 11.1 Å². The number of aromatic nitrogens is 2. The van der Waals surface area contributed by atoms with E-state index in [0.717, 1.165) is 60.3 Å². The smallest absolute Gasteiger partial charge is 0.333 e. The Balaban J connectivity index is 0.000000171. The van der Waals surface area contributed by atoms with Gasteiger partial charge >= 0.3 is 5.97 Å². The molecule has 45 heavy (non-hydrogen) atoms. The normalized spacial score (nSPS) is 13.1. The molecule has 0 aliphatic heterocycles. The molecule has 0 saturated heterocycles. The second kappa shape index (κ2) is 15.4. The number of carbonyl (C=O) groups is 2. The number of nitrogens with zero attached hydrogens (tertiary/aromatic N) is 2. The third-order valence-corrected chi connectivity index (χ3v) is 10.7. The minimum atomic E-state index is -0.942. The number of benzene rings is 2. The van der Waals surface area contributed by atoms with Gasteiger partial charge in [-0.1, -0.05) is 81.0 Å². The molecular formula is C32H30Br2Cl2N4O3S2. The highest BCUT2D eigenvalue weighted by Gasteiger charge is 2.26. The van der Waals surface area contributed by atoms with E-state index in [2.05, 4.69) is 61.0 Å². The number of anilines is 2. The van der Waals surface area contributed by atoms with E-state index in [9.17, 15) is 9.59 Å². The van der Waals surface area contributed by atoms with Crippen LogP contribution in [-0.4, -0.2) is 27.0 Å². The van der Waals surface area contributed by atoms with Gasteiger partial charge in [0.05, 0.1) is 27.0 Å². The van der Waals surface area contributed by atoms with Gasteiger partial charge in [0.1, 0.15) is 0 Å². The first-order valence-corrected chi connectivity index (χ1v) is 17.9. The molecule has 4 N–H and O–H groups in total. The second-order valence-corrected chi connectivity index (χ2v) is 15.1. The van der Waals surface area contributed by atoms with Gasteiger partial charge in [0.2, 0.25) is 0 Å². The number of carboxylic acid groups (broad SMARTS) is 1. The number of hydrogen-bond donors (Lipinski definition) is 3. The summed E-state index contributed by atoms with van der Waals surface area (Å²) >= 11 is 22.2. The summed E-state index contributed by atoms with van der Waals surface area (Å²) in [7, 11) is 0. The van der Waals surface area contributed by atoms with Crippen molar-refractivity contribution in [2.24, 2.45) is 0 Å². The Labute approximate surface area is 296 Å². The molecular weight excluding hydrogens is 783 g/mol. The van der Waals surface area contributed by atoms with Crippen LogP contribution in [0.1, 0.15) is 57.2 Å². The van der Waals surface area contributed by atoms with Crippen molar-refractivity contribution >= 4 is 110 Å². The molecule has 2 heterocycles. The number of hydrogen-bond acceptors (Lipinski definition) is 7. The zero-order valence-electron chi connectivity index (χ0n) is 24.9. The Morgan fingerprint density at radius 3 is 1.80 bits per heavy atom. The molecule has 0 bridgehead atoms. The lowest BCUT2D eigenvalue weighted by molar-refractivity contribution is -0.132. The number of nitrogen functional groups attached to an aromatic ring is 1. The van der Waals surface area contributed by atoms with Crippen LogP contribution in [0.4, 0.5) is 10.3 Å². The average Bonchev–Trinajstić information content (AvgIpc) is 3.72. The standard InChI is InChI=1S/C16H14BrClN2OS.C10H6BrClO2.C6H10N2S/c1-3-13-8(2)22-16(19-13)20-15(21)12-6-9-4-5-10(17)7-11(9)14(12)18;11-6-2-1-5-3-8(10(13)14)9(12)7(5)4-6;1-3-5-4(2)9-6(7)8-5/h4-5,7H,3,6H2,1-2H3,(H,19,20,21);1-2,4H,3H2,(H,13,14);3H2,1-2H3,(H2,7,8). The predicted octanol–water partition coefficient (Wildman–Crippen LogP) is 9.56. The van der Waals surface area contributed by atoms with Crippen LogP contribution >= 0.6 is 77.7 Å². The van der Waals surface area contributed by atoms with Crippen molar-refractivity contribution in [3.63, 3.8) is 0 Å². The van der Waals surface area contributed by atoms with Crippen LogP contribution in [0.5, 0.6) is 0 Å². The Kier molecular flexibility index (Phi) is 12.1. The minimum Gasteiger partial charge on any atom is -0.478 e. The van der Waals surface area contributed by atoms with Gasteiger partial charge in [0.25, 0.3) is 5.91 Å². The van der Waals surface area contributed by atoms with Crippen LogP contribution in [-0.2, 0) is 35.3 Å². The van der Waals surface area contributed by atoms with Crippen molar-refractivity contribution < 1.29 is 14.7 Å². The predicted molar refractivity (Wildman–Crippen MR) is 194 cm³/mol. The van der Waals surface area contributed by atoms with E-state index in [1.165, 1.54) is 16.2 Å². The molecule has 0 saturated carbocycles. The van der Waals surface area contributed by atoms with Gasteiger partial charge in [0.15, 0.2) is 10.3 Å². The lowest BCUT2D eigenvalue weighted by Gasteiger charge is -2.02. The first-order chi connectivity index (χ1) is 21.3. The molecule has 2 aliphatic rings. The van der Waals surface area contributed by atoms with Gasteiger partial charge < -0.3 is 10.8 Å². The highest BCUT2D eigenvalue weighted by Crippen LogP contribution is 2.38. The summed E-state index contributed by atoms with van der Waals surface area (Å²) in [6, 6.07) is 11.5. The molecule has 13 heteroatoms. The number of carbonyl (C=O) groups excluding carboxylic acids is 1. The van der Waals surface area contributed by atoms with Gasteiger partial charge in [-0.25, -0.2) is 14.8 Å². The molecule has 2 aromatic carbocycles. The molecule has 4 aromatic rings. The summed E-state index contributed by atoms with van der Waals surface area (Å²) in [5.74, 6) is -1.11. The second-order valence-electron chi connectivity index (χ2n) is 10.1. The van der Waals surface area contributed by atoms with Crippen molar-refractivity contribution in [3.05, 3.63) is 99.9 Å². The number of carboxylic acids is 1. The number of aliphatic carboxylic acids is 1. The zero-order chi connectivity index (χ0) is 33.0. The van der Waals surface area contributed by atoms with Crippen molar-refractivity contribution in [3.8, 4) is 0 Å². The lowest BCUT2D eigenvalue weighted by atomic mass is 10.1. The number of nitrogens with two attached hydrogens (primary N) is 1. The van der Waals surface area contributed by atoms with E-state index in [1.807, 2.05) is 50.2 Å². The molecule has 2 aromatic heterocycles. The fourth-order valence-corrected chi connectivity index (χ4v) is 7.83. The van der Waals surface area contributed by atoms with Gasteiger partial charge in [-0.05, 0) is 73.2 Å². The Hall–Kier alpha value is -2.54. The van der Waals surface area contributed by atoms with E-state index in [0.29, 0.717) is 38.7 Å². The molecule has 0 atom stereocenters. The van der Waals surface area contributed by atoms with Crippen LogP contribution in [0, 0.1) is 13.8 Å². The Bertz CT molecular complexity index is 1850. The topological polar surface area (TPSA) is 118 Å². The minimum absolute atomic E-state index is 0.172. The molecule has 6 rings (SSSR count). The molecule has 0 spiro atoms. The van der Waals surface area contributed by atoms with Crippen LogP contribution in [0.25, 0.3) is 10.1 Å². The maximum Gasteiger partial charge on any atom is 0.333 e. The van der Waals surface area contributed by atoms with E-state index in [1.54, 1.807) is 11.3 Å². The Morgan fingerprint density at radius 1 is 0.867 bits per heavy atom. The van der Waals surface area contributed by atoms with Gasteiger partial charge in [0, 0.05) is 37.1 Å². The monoisotopic (exact) mass is 810 g/mol. The first-order valence-electron chi connectivity index (χ1n) is 13.9. The highest BCUT2D eigenvalue weighted by atomic mass is 79.9. The molecule has 2 aliphatic carbocycles. The molecule has 0 radical (unpaired) electrons. The van der Waals surface area contributed by atoms with E-state index < -0.39 is 5.97 Å². The van der Waals surface area contributed by atoms with Crippen LogP contribution in [0.2, 0.25) is 0 Å². The fraction of sp³-hybridized carbons (Fsp3) is 0.250. The van der Waals surface area contributed by atoms with Crippen molar-refractivity contribution in [2.75, 3.05) is 11.1 Å². The fourth-order valence-electron chi connectivity index (χ4n) is 4.79. The number of halogens is 4. The molecule has 7 nitrogen and oxygen atoms in total. The SMILES string of the molecule is CCc1nc(N)sc1C.CCc1nc(NC(=O)C2=C(Cl)c3cc(Br)ccc3C2)sc1C.O=C(O)C1=C(Cl)c2cc(Br)ccc2C1. The van der Waals surface area contributed by atoms with Crippen molar-refractivity contribution in [1.82, 2.24) is 9.97 Å². The summed E-state index contributed by atoms with van der Waals surface area (Å²) in [5.41, 5.74) is 12.3. The first kappa shape index (κ1) is 35.3. The summed E-state index contributed by atoms with van der Waals surface area (Å²) in [5, 5.41) is 13.9. The third kappa shape index (κ3) is 8.44.